The number of sulfonamides is 1. The molecule has 0 spiro atoms. The van der Waals surface area contributed by atoms with Crippen molar-refractivity contribution in [2.75, 3.05) is 39.5 Å². The molecule has 0 aromatic rings. The molecule has 0 bridgehead atoms. The van der Waals surface area contributed by atoms with Crippen LogP contribution in [-0.2, 0) is 10.0 Å². The summed E-state index contributed by atoms with van der Waals surface area (Å²) in [6, 6.07) is 0.578. The zero-order chi connectivity index (χ0) is 14.5. The topological polar surface area (TPSA) is 52.7 Å². The van der Waals surface area contributed by atoms with Crippen molar-refractivity contribution in [2.45, 2.75) is 45.2 Å². The van der Waals surface area contributed by atoms with Crippen LogP contribution in [0.4, 0.5) is 0 Å². The summed E-state index contributed by atoms with van der Waals surface area (Å²) in [6.45, 7) is 6.43. The standard InChI is InChI=1S/C13H29N3O2S/c1-12(2)14-8-6-10-19(17,18)16-9-5-7-13(16)11-15(3)4/h12-14H,5-11H2,1-4H3. The van der Waals surface area contributed by atoms with Gasteiger partial charge in [-0.1, -0.05) is 13.8 Å². The van der Waals surface area contributed by atoms with Crippen molar-refractivity contribution in [3.05, 3.63) is 0 Å². The van der Waals surface area contributed by atoms with Gasteiger partial charge in [-0.3, -0.25) is 0 Å². The number of rotatable bonds is 8. The maximum Gasteiger partial charge on any atom is 0.214 e. The lowest BCUT2D eigenvalue weighted by atomic mass is 10.2. The van der Waals surface area contributed by atoms with Crippen LogP contribution in [0, 0.1) is 0 Å². The van der Waals surface area contributed by atoms with E-state index in [-0.39, 0.29) is 11.8 Å². The molecule has 114 valence electrons. The highest BCUT2D eigenvalue weighted by Crippen LogP contribution is 2.22. The molecule has 1 unspecified atom stereocenters. The Morgan fingerprint density at radius 3 is 2.63 bits per heavy atom. The van der Waals surface area contributed by atoms with Gasteiger partial charge in [0.2, 0.25) is 10.0 Å². The van der Waals surface area contributed by atoms with Crippen LogP contribution in [0.15, 0.2) is 0 Å². The molecule has 1 aliphatic heterocycles. The van der Waals surface area contributed by atoms with Crippen molar-refractivity contribution in [1.29, 1.82) is 0 Å². The van der Waals surface area contributed by atoms with Crippen molar-refractivity contribution in [3.8, 4) is 0 Å². The second-order valence-corrected chi connectivity index (χ2v) is 7.99. The summed E-state index contributed by atoms with van der Waals surface area (Å²) in [7, 11) is 0.905. The van der Waals surface area contributed by atoms with Crippen LogP contribution in [-0.4, -0.2) is 69.2 Å². The van der Waals surface area contributed by atoms with E-state index in [4.69, 9.17) is 0 Å². The lowest BCUT2D eigenvalue weighted by Gasteiger charge is -2.26. The Morgan fingerprint density at radius 2 is 2.05 bits per heavy atom. The Morgan fingerprint density at radius 1 is 1.37 bits per heavy atom. The highest BCUT2D eigenvalue weighted by molar-refractivity contribution is 7.89. The van der Waals surface area contributed by atoms with Crippen LogP contribution in [0.2, 0.25) is 0 Å². The van der Waals surface area contributed by atoms with Gasteiger partial charge in [0.1, 0.15) is 0 Å². The third-order valence-corrected chi connectivity index (χ3v) is 5.39. The Balaban J connectivity index is 2.46. The molecular weight excluding hydrogens is 262 g/mol. The van der Waals surface area contributed by atoms with Crippen molar-refractivity contribution in [3.63, 3.8) is 0 Å². The van der Waals surface area contributed by atoms with Crippen LogP contribution < -0.4 is 5.32 Å². The van der Waals surface area contributed by atoms with E-state index in [1.54, 1.807) is 4.31 Å². The minimum atomic E-state index is -3.09. The SMILES string of the molecule is CC(C)NCCCS(=O)(=O)N1CCCC1CN(C)C. The van der Waals surface area contributed by atoms with Crippen LogP contribution in [0.5, 0.6) is 0 Å². The molecule has 0 amide bonds. The average molecular weight is 291 g/mol. The molecule has 1 rings (SSSR count). The van der Waals surface area contributed by atoms with Gasteiger partial charge in [0, 0.05) is 25.2 Å². The van der Waals surface area contributed by atoms with Crippen molar-refractivity contribution < 1.29 is 8.42 Å². The summed E-state index contributed by atoms with van der Waals surface area (Å²) in [5.74, 6) is 0.261. The van der Waals surface area contributed by atoms with E-state index in [2.05, 4.69) is 24.1 Å². The molecule has 0 aliphatic carbocycles. The summed E-state index contributed by atoms with van der Waals surface area (Å²) in [5, 5.41) is 3.26. The Labute approximate surface area is 118 Å². The zero-order valence-corrected chi connectivity index (χ0v) is 13.5. The van der Waals surface area contributed by atoms with Crippen LogP contribution in [0.1, 0.15) is 33.1 Å². The van der Waals surface area contributed by atoms with Gasteiger partial charge in [0.05, 0.1) is 5.75 Å². The monoisotopic (exact) mass is 291 g/mol. The lowest BCUT2D eigenvalue weighted by molar-refractivity contribution is 0.291. The Bertz CT molecular complexity index is 355. The van der Waals surface area contributed by atoms with E-state index in [1.807, 2.05) is 14.1 Å². The van der Waals surface area contributed by atoms with E-state index in [0.29, 0.717) is 19.0 Å². The maximum absolute atomic E-state index is 12.3. The van der Waals surface area contributed by atoms with E-state index in [0.717, 1.165) is 25.9 Å². The summed E-state index contributed by atoms with van der Waals surface area (Å²) < 4.78 is 26.4. The van der Waals surface area contributed by atoms with Gasteiger partial charge in [0.15, 0.2) is 0 Å². The van der Waals surface area contributed by atoms with Gasteiger partial charge in [-0.05, 0) is 39.9 Å². The molecule has 1 aliphatic rings. The van der Waals surface area contributed by atoms with E-state index in [9.17, 15) is 8.42 Å². The first-order chi connectivity index (χ1) is 8.83. The maximum atomic E-state index is 12.3. The van der Waals surface area contributed by atoms with Crippen LogP contribution in [0.3, 0.4) is 0 Å². The third kappa shape index (κ3) is 5.77. The van der Waals surface area contributed by atoms with Gasteiger partial charge >= 0.3 is 0 Å². The van der Waals surface area contributed by atoms with Crippen molar-refractivity contribution in [2.24, 2.45) is 0 Å². The first-order valence-corrected chi connectivity index (χ1v) is 8.81. The molecule has 0 aromatic heterocycles. The fraction of sp³-hybridized carbons (Fsp3) is 1.00. The molecule has 0 radical (unpaired) electrons. The largest absolute Gasteiger partial charge is 0.314 e. The quantitative estimate of drug-likeness (QED) is 0.670. The molecular formula is C13H29N3O2S. The predicted octanol–water partition coefficient (Wildman–Crippen LogP) is 0.730. The van der Waals surface area contributed by atoms with Gasteiger partial charge in [-0.15, -0.1) is 0 Å². The first-order valence-electron chi connectivity index (χ1n) is 7.20. The van der Waals surface area contributed by atoms with Crippen LogP contribution in [0.25, 0.3) is 0 Å². The Hall–Kier alpha value is -0.170. The molecule has 1 heterocycles. The number of hydrogen-bond donors (Lipinski definition) is 1. The molecule has 0 saturated carbocycles. The smallest absolute Gasteiger partial charge is 0.214 e. The third-order valence-electron chi connectivity index (χ3n) is 3.39. The second-order valence-electron chi connectivity index (χ2n) is 5.95. The predicted molar refractivity (Wildman–Crippen MR) is 79.8 cm³/mol. The fourth-order valence-corrected chi connectivity index (χ4v) is 4.32. The fourth-order valence-electron chi connectivity index (χ4n) is 2.54. The lowest BCUT2D eigenvalue weighted by Crippen LogP contribution is -2.42. The molecule has 0 aromatic carbocycles. The summed E-state index contributed by atoms with van der Waals surface area (Å²) in [5.41, 5.74) is 0. The van der Waals surface area contributed by atoms with E-state index >= 15 is 0 Å². The number of nitrogens with zero attached hydrogens (tertiary/aromatic N) is 2. The van der Waals surface area contributed by atoms with Gasteiger partial charge in [-0.25, -0.2) is 8.42 Å². The van der Waals surface area contributed by atoms with Gasteiger partial charge in [-0.2, -0.15) is 4.31 Å². The first kappa shape index (κ1) is 16.9. The number of likely N-dealkylation sites (N-methyl/N-ethyl adjacent to an activating group) is 1. The van der Waals surface area contributed by atoms with Crippen LogP contribution >= 0.6 is 0 Å². The number of hydrogen-bond acceptors (Lipinski definition) is 4. The summed E-state index contributed by atoms with van der Waals surface area (Å²) in [4.78, 5) is 2.07. The van der Waals surface area contributed by atoms with Gasteiger partial charge < -0.3 is 10.2 Å². The van der Waals surface area contributed by atoms with E-state index in [1.165, 1.54) is 0 Å². The zero-order valence-electron chi connectivity index (χ0n) is 12.7. The minimum Gasteiger partial charge on any atom is -0.314 e. The normalized spacial score (nSPS) is 21.7. The molecule has 6 heteroatoms. The molecule has 19 heavy (non-hydrogen) atoms. The molecule has 1 atom stereocenters. The Kier molecular flexibility index (Phi) is 6.73. The average Bonchev–Trinajstić information content (AvgIpc) is 2.72. The molecule has 1 fully saturated rings. The molecule has 1 N–H and O–H groups in total. The molecule has 5 nitrogen and oxygen atoms in total. The summed E-state index contributed by atoms with van der Waals surface area (Å²) in [6.07, 6.45) is 2.66. The van der Waals surface area contributed by atoms with E-state index < -0.39 is 10.0 Å². The second kappa shape index (κ2) is 7.57. The van der Waals surface area contributed by atoms with Crippen molar-refractivity contribution in [1.82, 2.24) is 14.5 Å². The van der Waals surface area contributed by atoms with Crippen molar-refractivity contribution >= 4 is 10.0 Å². The highest BCUT2D eigenvalue weighted by atomic mass is 32.2. The number of nitrogens with one attached hydrogen (secondary N) is 1. The van der Waals surface area contributed by atoms with Gasteiger partial charge in [0.25, 0.3) is 0 Å². The minimum absolute atomic E-state index is 0.165. The molecule has 1 saturated heterocycles. The highest BCUT2D eigenvalue weighted by Gasteiger charge is 2.33. The summed E-state index contributed by atoms with van der Waals surface area (Å²) >= 11 is 0.